The molecule has 0 aliphatic carbocycles. The van der Waals surface area contributed by atoms with Gasteiger partial charge in [0.1, 0.15) is 11.5 Å². The van der Waals surface area contributed by atoms with Gasteiger partial charge in [-0.15, -0.1) is 0 Å². The molecule has 0 atom stereocenters. The number of amides is 2. The highest BCUT2D eigenvalue weighted by Gasteiger charge is 2.26. The fourth-order valence-corrected chi connectivity index (χ4v) is 2.81. The number of carbonyl (C=O) groups excluding carboxylic acids is 1. The highest BCUT2D eigenvalue weighted by molar-refractivity contribution is 5.89. The first-order chi connectivity index (χ1) is 13.0. The van der Waals surface area contributed by atoms with Crippen molar-refractivity contribution in [1.29, 1.82) is 0 Å². The number of ether oxygens (including phenoxy) is 2. The third-order valence-electron chi connectivity index (χ3n) is 4.40. The van der Waals surface area contributed by atoms with Crippen molar-refractivity contribution in [2.24, 2.45) is 5.92 Å². The van der Waals surface area contributed by atoms with Gasteiger partial charge in [0, 0.05) is 19.2 Å². The van der Waals surface area contributed by atoms with E-state index >= 15 is 0 Å². The number of likely N-dealkylation sites (tertiary alicyclic amines) is 1. The molecule has 1 fully saturated rings. The Kier molecular flexibility index (Phi) is 5.75. The van der Waals surface area contributed by atoms with Crippen LogP contribution in [0.3, 0.4) is 0 Å². The van der Waals surface area contributed by atoms with E-state index in [1.54, 1.807) is 48.4 Å². The highest BCUT2D eigenvalue weighted by Crippen LogP contribution is 2.23. The van der Waals surface area contributed by atoms with Gasteiger partial charge in [-0.2, -0.15) is 0 Å². The molecule has 0 radical (unpaired) electrons. The monoisotopic (exact) mass is 371 g/mol. The summed E-state index contributed by atoms with van der Waals surface area (Å²) < 4.78 is 10.7. The van der Waals surface area contributed by atoms with Crippen LogP contribution in [0.25, 0.3) is 0 Å². The standard InChI is InChI=1S/C19H21N3O5/c1-26-15-3-5-16(6-4-15)27-17-7-2-14(12-20-17)21-19(25)22-10-8-13(9-11-22)18(23)24/h2-7,12-13H,8-11H2,1H3,(H,21,25)(H,23,24). The minimum atomic E-state index is -0.799. The number of anilines is 1. The third kappa shape index (κ3) is 4.87. The fourth-order valence-electron chi connectivity index (χ4n) is 2.81. The number of piperidine rings is 1. The van der Waals surface area contributed by atoms with Crippen LogP contribution in [0.15, 0.2) is 42.6 Å². The Labute approximate surface area is 156 Å². The SMILES string of the molecule is COc1ccc(Oc2ccc(NC(=O)N3CCC(C(=O)O)CC3)cn2)cc1. The predicted octanol–water partition coefficient (Wildman–Crippen LogP) is 3.21. The van der Waals surface area contributed by atoms with Gasteiger partial charge in [-0.05, 0) is 43.2 Å². The first-order valence-corrected chi connectivity index (χ1v) is 8.62. The maximum Gasteiger partial charge on any atom is 0.321 e. The predicted molar refractivity (Wildman–Crippen MR) is 98.3 cm³/mol. The molecule has 2 heterocycles. The van der Waals surface area contributed by atoms with E-state index < -0.39 is 5.97 Å². The van der Waals surface area contributed by atoms with Crippen LogP contribution in [0, 0.1) is 5.92 Å². The molecule has 2 aromatic rings. The number of aliphatic carboxylic acids is 1. The van der Waals surface area contributed by atoms with Crippen molar-refractivity contribution < 1.29 is 24.2 Å². The highest BCUT2D eigenvalue weighted by atomic mass is 16.5. The van der Waals surface area contributed by atoms with Crippen molar-refractivity contribution in [2.45, 2.75) is 12.8 Å². The molecule has 0 unspecified atom stereocenters. The number of benzene rings is 1. The quantitative estimate of drug-likeness (QED) is 0.837. The van der Waals surface area contributed by atoms with Gasteiger partial charge in [0.2, 0.25) is 5.88 Å². The van der Waals surface area contributed by atoms with Crippen molar-refractivity contribution in [3.63, 3.8) is 0 Å². The first-order valence-electron chi connectivity index (χ1n) is 8.62. The van der Waals surface area contributed by atoms with Gasteiger partial charge >= 0.3 is 12.0 Å². The molecule has 8 nitrogen and oxygen atoms in total. The van der Waals surface area contributed by atoms with Crippen molar-refractivity contribution in [3.8, 4) is 17.4 Å². The zero-order valence-electron chi connectivity index (χ0n) is 14.9. The summed E-state index contributed by atoms with van der Waals surface area (Å²) in [6, 6.07) is 10.2. The van der Waals surface area contributed by atoms with Crippen molar-refractivity contribution >= 4 is 17.7 Å². The molecule has 1 aliphatic rings. The van der Waals surface area contributed by atoms with E-state index in [0.29, 0.717) is 43.2 Å². The lowest BCUT2D eigenvalue weighted by molar-refractivity contribution is -0.143. The van der Waals surface area contributed by atoms with Gasteiger partial charge in [-0.1, -0.05) is 0 Å². The Balaban J connectivity index is 1.52. The Bertz CT molecular complexity index is 784. The molecule has 2 N–H and O–H groups in total. The van der Waals surface area contributed by atoms with Crippen LogP contribution < -0.4 is 14.8 Å². The minimum Gasteiger partial charge on any atom is -0.497 e. The Morgan fingerprint density at radius 2 is 1.78 bits per heavy atom. The lowest BCUT2D eigenvalue weighted by atomic mass is 9.97. The second-order valence-corrected chi connectivity index (χ2v) is 6.19. The van der Waals surface area contributed by atoms with Crippen LogP contribution in [0.5, 0.6) is 17.4 Å². The Hall–Kier alpha value is -3.29. The van der Waals surface area contributed by atoms with Gasteiger partial charge < -0.3 is 24.8 Å². The maximum absolute atomic E-state index is 12.3. The first kappa shape index (κ1) is 18.5. The molecule has 1 aliphatic heterocycles. The number of aromatic nitrogens is 1. The molecule has 1 aromatic heterocycles. The van der Waals surface area contributed by atoms with E-state index in [2.05, 4.69) is 10.3 Å². The van der Waals surface area contributed by atoms with Crippen molar-refractivity contribution in [2.75, 3.05) is 25.5 Å². The van der Waals surface area contributed by atoms with E-state index in [1.807, 2.05) is 0 Å². The molecule has 142 valence electrons. The van der Waals surface area contributed by atoms with Gasteiger partial charge in [-0.25, -0.2) is 9.78 Å². The summed E-state index contributed by atoms with van der Waals surface area (Å²) in [6.45, 7) is 0.851. The zero-order valence-corrected chi connectivity index (χ0v) is 14.9. The molecule has 1 saturated heterocycles. The molecular weight excluding hydrogens is 350 g/mol. The van der Waals surface area contributed by atoms with E-state index in [0.717, 1.165) is 5.75 Å². The number of hydrogen-bond acceptors (Lipinski definition) is 5. The summed E-state index contributed by atoms with van der Waals surface area (Å²) in [6.07, 6.45) is 2.45. The molecule has 0 bridgehead atoms. The van der Waals surface area contributed by atoms with Crippen LogP contribution in [0.1, 0.15) is 12.8 Å². The number of carboxylic acid groups (broad SMARTS) is 1. The number of carbonyl (C=O) groups is 2. The Morgan fingerprint density at radius 1 is 1.11 bits per heavy atom. The number of hydrogen-bond donors (Lipinski definition) is 2. The molecule has 2 amide bonds. The third-order valence-corrected chi connectivity index (χ3v) is 4.40. The number of nitrogens with zero attached hydrogens (tertiary/aromatic N) is 2. The summed E-state index contributed by atoms with van der Waals surface area (Å²) in [5, 5.41) is 11.8. The molecule has 8 heteroatoms. The lowest BCUT2D eigenvalue weighted by Gasteiger charge is -2.30. The maximum atomic E-state index is 12.3. The van der Waals surface area contributed by atoms with Crippen molar-refractivity contribution in [1.82, 2.24) is 9.88 Å². The minimum absolute atomic E-state index is 0.260. The summed E-state index contributed by atoms with van der Waals surface area (Å²) in [5.41, 5.74) is 0.544. The number of nitrogens with one attached hydrogen (secondary N) is 1. The van der Waals surface area contributed by atoms with Gasteiger partial charge in [-0.3, -0.25) is 4.79 Å². The van der Waals surface area contributed by atoms with Crippen LogP contribution in [-0.4, -0.2) is 47.2 Å². The second-order valence-electron chi connectivity index (χ2n) is 6.19. The van der Waals surface area contributed by atoms with Crippen LogP contribution in [-0.2, 0) is 4.79 Å². The zero-order chi connectivity index (χ0) is 19.2. The summed E-state index contributed by atoms with van der Waals surface area (Å²) in [7, 11) is 1.60. The summed E-state index contributed by atoms with van der Waals surface area (Å²) in [5.74, 6) is 0.597. The molecule has 0 spiro atoms. The van der Waals surface area contributed by atoms with E-state index in [4.69, 9.17) is 14.6 Å². The van der Waals surface area contributed by atoms with Gasteiger partial charge in [0.15, 0.2) is 0 Å². The van der Waals surface area contributed by atoms with E-state index in [1.165, 1.54) is 6.20 Å². The number of methoxy groups -OCH3 is 1. The largest absolute Gasteiger partial charge is 0.497 e. The van der Waals surface area contributed by atoms with Crippen LogP contribution in [0.4, 0.5) is 10.5 Å². The summed E-state index contributed by atoms with van der Waals surface area (Å²) in [4.78, 5) is 29.0. The normalized spacial score (nSPS) is 14.5. The lowest BCUT2D eigenvalue weighted by Crippen LogP contribution is -2.42. The van der Waals surface area contributed by atoms with Gasteiger partial charge in [0.25, 0.3) is 0 Å². The number of carboxylic acids is 1. The van der Waals surface area contributed by atoms with E-state index in [9.17, 15) is 9.59 Å². The van der Waals surface area contributed by atoms with Crippen molar-refractivity contribution in [3.05, 3.63) is 42.6 Å². The van der Waals surface area contributed by atoms with Crippen LogP contribution >= 0.6 is 0 Å². The fraction of sp³-hybridized carbons (Fsp3) is 0.316. The molecule has 1 aromatic carbocycles. The average Bonchev–Trinajstić information content (AvgIpc) is 2.70. The molecule has 3 rings (SSSR count). The average molecular weight is 371 g/mol. The topological polar surface area (TPSA) is 101 Å². The number of pyridine rings is 1. The molecule has 27 heavy (non-hydrogen) atoms. The number of urea groups is 1. The Morgan fingerprint density at radius 3 is 2.33 bits per heavy atom. The number of rotatable bonds is 5. The smallest absolute Gasteiger partial charge is 0.321 e. The molecule has 0 saturated carbocycles. The second kappa shape index (κ2) is 8.39. The van der Waals surface area contributed by atoms with Crippen LogP contribution in [0.2, 0.25) is 0 Å². The summed E-state index contributed by atoms with van der Waals surface area (Å²) >= 11 is 0. The molecular formula is C19H21N3O5. The van der Waals surface area contributed by atoms with Gasteiger partial charge in [0.05, 0.1) is 24.9 Å². The van der Waals surface area contributed by atoms with E-state index in [-0.39, 0.29) is 11.9 Å².